The number of nitro groups is 1. The molecule has 3 rings (SSSR count). The molecule has 0 aliphatic heterocycles. The van der Waals surface area contributed by atoms with Gasteiger partial charge in [-0.15, -0.1) is 0 Å². The van der Waals surface area contributed by atoms with Crippen LogP contribution >= 0.6 is 0 Å². The number of nitrogens with one attached hydrogen (secondary N) is 1. The van der Waals surface area contributed by atoms with E-state index >= 15 is 0 Å². The molecule has 3 aromatic rings. The topological polar surface area (TPSA) is 109 Å². The Balaban J connectivity index is 1.83. The van der Waals surface area contributed by atoms with Crippen LogP contribution < -0.4 is 5.32 Å². The smallest absolute Gasteiger partial charge is 0.270 e. The zero-order chi connectivity index (χ0) is 20.8. The molecule has 7 heteroatoms. The molecule has 29 heavy (non-hydrogen) atoms. The van der Waals surface area contributed by atoms with Crippen LogP contribution in [0.5, 0.6) is 0 Å². The summed E-state index contributed by atoms with van der Waals surface area (Å²) in [4.78, 5) is 22.9. The lowest BCUT2D eigenvalue weighted by molar-refractivity contribution is -0.384. The first-order valence-corrected chi connectivity index (χ1v) is 8.87. The molecule has 1 heterocycles. The van der Waals surface area contributed by atoms with Crippen molar-refractivity contribution in [3.63, 3.8) is 0 Å². The Morgan fingerprint density at radius 3 is 2.72 bits per heavy atom. The predicted octanol–water partition coefficient (Wildman–Crippen LogP) is 4.96. The van der Waals surface area contributed by atoms with Crippen LogP contribution in [0, 0.1) is 21.4 Å². The summed E-state index contributed by atoms with van der Waals surface area (Å²) in [6, 6.07) is 18.5. The lowest BCUT2D eigenvalue weighted by Gasteiger charge is -2.08. The number of rotatable bonds is 6. The highest BCUT2D eigenvalue weighted by Crippen LogP contribution is 2.26. The number of anilines is 1. The first-order valence-electron chi connectivity index (χ1n) is 8.87. The van der Waals surface area contributed by atoms with Crippen molar-refractivity contribution in [1.29, 1.82) is 5.26 Å². The highest BCUT2D eigenvalue weighted by atomic mass is 16.6. The Hall–Kier alpha value is -4.18. The predicted molar refractivity (Wildman–Crippen MR) is 109 cm³/mol. The van der Waals surface area contributed by atoms with E-state index in [1.807, 2.05) is 31.2 Å². The van der Waals surface area contributed by atoms with Crippen molar-refractivity contribution in [3.8, 4) is 17.4 Å². The number of nitrogens with zero attached hydrogens (tertiary/aromatic N) is 2. The van der Waals surface area contributed by atoms with E-state index in [9.17, 15) is 20.2 Å². The number of para-hydroxylation sites is 1. The zero-order valence-electron chi connectivity index (χ0n) is 15.6. The second-order valence-electron chi connectivity index (χ2n) is 6.14. The number of benzene rings is 2. The molecule has 1 aromatic heterocycles. The number of carbonyl (C=O) groups excluding carboxylic acids is 1. The van der Waals surface area contributed by atoms with Crippen LogP contribution in [0.4, 0.5) is 11.4 Å². The van der Waals surface area contributed by atoms with Crippen LogP contribution in [-0.4, -0.2) is 10.8 Å². The maximum Gasteiger partial charge on any atom is 0.270 e. The Morgan fingerprint density at radius 1 is 1.21 bits per heavy atom. The number of aryl methyl sites for hydroxylation is 1. The third kappa shape index (κ3) is 4.57. The average Bonchev–Trinajstić information content (AvgIpc) is 3.21. The molecule has 1 amide bonds. The van der Waals surface area contributed by atoms with Crippen LogP contribution in [0.2, 0.25) is 0 Å². The van der Waals surface area contributed by atoms with Crippen LogP contribution in [0.1, 0.15) is 18.2 Å². The van der Waals surface area contributed by atoms with Crippen LogP contribution in [0.3, 0.4) is 0 Å². The fourth-order valence-corrected chi connectivity index (χ4v) is 2.79. The van der Waals surface area contributed by atoms with Crippen LogP contribution in [-0.2, 0) is 11.2 Å². The summed E-state index contributed by atoms with van der Waals surface area (Å²) in [5, 5.41) is 23.1. The van der Waals surface area contributed by atoms with Crippen molar-refractivity contribution in [1.82, 2.24) is 0 Å². The Kier molecular flexibility index (Phi) is 5.85. The number of hydrogen-bond acceptors (Lipinski definition) is 5. The molecule has 2 aromatic carbocycles. The Labute approximate surface area is 167 Å². The standard InChI is InChI=1S/C22H17N3O4/c1-2-15-6-3-4-9-20(15)24-22(26)17(14-23)13-19-10-11-21(29-19)16-7-5-8-18(12-16)25(27)28/h3-13H,2H2,1H3,(H,24,26)/b17-13+. The van der Waals surface area contributed by atoms with Gasteiger partial charge in [-0.25, -0.2) is 0 Å². The van der Waals surface area contributed by atoms with Gasteiger partial charge in [0, 0.05) is 29.5 Å². The molecule has 0 atom stereocenters. The summed E-state index contributed by atoms with van der Waals surface area (Å²) < 4.78 is 5.65. The summed E-state index contributed by atoms with van der Waals surface area (Å²) in [6.45, 7) is 1.98. The molecule has 0 saturated heterocycles. The van der Waals surface area contributed by atoms with Gasteiger partial charge in [-0.1, -0.05) is 37.3 Å². The van der Waals surface area contributed by atoms with Crippen molar-refractivity contribution >= 4 is 23.4 Å². The van der Waals surface area contributed by atoms with Crippen molar-refractivity contribution in [2.45, 2.75) is 13.3 Å². The maximum atomic E-state index is 12.5. The number of nitriles is 1. The van der Waals surface area contributed by atoms with Gasteiger partial charge in [0.15, 0.2) is 0 Å². The molecule has 0 saturated carbocycles. The number of nitro benzene ring substituents is 1. The van der Waals surface area contributed by atoms with Crippen LogP contribution in [0.15, 0.2) is 70.7 Å². The van der Waals surface area contributed by atoms with Crippen LogP contribution in [0.25, 0.3) is 17.4 Å². The SMILES string of the molecule is CCc1ccccc1NC(=O)/C(C#N)=C/c1ccc(-c2cccc([N+](=O)[O-])c2)o1. The largest absolute Gasteiger partial charge is 0.457 e. The summed E-state index contributed by atoms with van der Waals surface area (Å²) in [5.74, 6) is 0.151. The van der Waals surface area contributed by atoms with Gasteiger partial charge >= 0.3 is 0 Å². The van der Waals surface area contributed by atoms with E-state index < -0.39 is 10.8 Å². The Bertz CT molecular complexity index is 1140. The van der Waals surface area contributed by atoms with Gasteiger partial charge in [0.25, 0.3) is 11.6 Å². The average molecular weight is 387 g/mol. The fourth-order valence-electron chi connectivity index (χ4n) is 2.79. The van der Waals surface area contributed by atoms with Crippen molar-refractivity contribution in [3.05, 3.63) is 87.7 Å². The minimum Gasteiger partial charge on any atom is -0.457 e. The first-order chi connectivity index (χ1) is 14.0. The first kappa shape index (κ1) is 19.6. The molecule has 0 unspecified atom stereocenters. The summed E-state index contributed by atoms with van der Waals surface area (Å²) in [5.41, 5.74) is 1.97. The van der Waals surface area contributed by atoms with E-state index in [0.29, 0.717) is 22.8 Å². The third-order valence-electron chi connectivity index (χ3n) is 4.27. The highest BCUT2D eigenvalue weighted by Gasteiger charge is 2.14. The molecular weight excluding hydrogens is 370 g/mol. The molecular formula is C22H17N3O4. The number of non-ortho nitro benzene ring substituents is 1. The lowest BCUT2D eigenvalue weighted by Crippen LogP contribution is -2.14. The van der Waals surface area contributed by atoms with Gasteiger partial charge in [-0.05, 0) is 30.2 Å². The number of furan rings is 1. The van der Waals surface area contributed by atoms with Gasteiger partial charge in [0.2, 0.25) is 0 Å². The van der Waals surface area contributed by atoms with Crippen molar-refractivity contribution in [2.75, 3.05) is 5.32 Å². The molecule has 1 N–H and O–H groups in total. The van der Waals surface area contributed by atoms with Gasteiger partial charge in [-0.3, -0.25) is 14.9 Å². The van der Waals surface area contributed by atoms with E-state index in [1.54, 1.807) is 30.3 Å². The molecule has 7 nitrogen and oxygen atoms in total. The highest BCUT2D eigenvalue weighted by molar-refractivity contribution is 6.09. The van der Waals surface area contributed by atoms with Crippen molar-refractivity contribution in [2.24, 2.45) is 0 Å². The minimum absolute atomic E-state index is 0.0531. The van der Waals surface area contributed by atoms with E-state index in [2.05, 4.69) is 5.32 Å². The normalized spacial score (nSPS) is 11.0. The number of carbonyl (C=O) groups is 1. The monoisotopic (exact) mass is 387 g/mol. The second kappa shape index (κ2) is 8.67. The van der Waals surface area contributed by atoms with E-state index in [4.69, 9.17) is 4.42 Å². The van der Waals surface area contributed by atoms with Gasteiger partial charge < -0.3 is 9.73 Å². The van der Waals surface area contributed by atoms with E-state index in [1.165, 1.54) is 18.2 Å². The molecule has 0 spiro atoms. The molecule has 144 valence electrons. The Morgan fingerprint density at radius 2 is 2.00 bits per heavy atom. The maximum absolute atomic E-state index is 12.5. The van der Waals surface area contributed by atoms with Gasteiger partial charge in [0.05, 0.1) is 4.92 Å². The molecule has 0 aliphatic carbocycles. The summed E-state index contributed by atoms with van der Waals surface area (Å²) in [6.07, 6.45) is 2.08. The second-order valence-corrected chi connectivity index (χ2v) is 6.14. The number of amides is 1. The van der Waals surface area contributed by atoms with Gasteiger partial charge in [-0.2, -0.15) is 5.26 Å². The molecule has 0 radical (unpaired) electrons. The lowest BCUT2D eigenvalue weighted by atomic mass is 10.1. The molecule has 0 fully saturated rings. The van der Waals surface area contributed by atoms with E-state index in [-0.39, 0.29) is 11.3 Å². The number of hydrogen-bond donors (Lipinski definition) is 1. The third-order valence-corrected chi connectivity index (χ3v) is 4.27. The molecule has 0 aliphatic rings. The fraction of sp³-hybridized carbons (Fsp3) is 0.0909. The summed E-state index contributed by atoms with van der Waals surface area (Å²) in [7, 11) is 0. The van der Waals surface area contributed by atoms with Crippen molar-refractivity contribution < 1.29 is 14.1 Å². The quantitative estimate of drug-likeness (QED) is 0.278. The minimum atomic E-state index is -0.540. The van der Waals surface area contributed by atoms with Gasteiger partial charge in [0.1, 0.15) is 23.2 Å². The van der Waals surface area contributed by atoms with E-state index in [0.717, 1.165) is 12.0 Å². The molecule has 0 bridgehead atoms. The summed E-state index contributed by atoms with van der Waals surface area (Å²) >= 11 is 0. The zero-order valence-corrected chi connectivity index (χ0v) is 15.6.